The van der Waals surface area contributed by atoms with Gasteiger partial charge in [0.1, 0.15) is 0 Å². The van der Waals surface area contributed by atoms with Crippen LogP contribution in [-0.4, -0.2) is 23.8 Å². The summed E-state index contributed by atoms with van der Waals surface area (Å²) in [6.45, 7) is 0. The molecule has 0 bridgehead atoms. The lowest BCUT2D eigenvalue weighted by molar-refractivity contribution is -0.127. The Hall–Kier alpha value is -2.65. The Balaban J connectivity index is 1.91. The lowest BCUT2D eigenvalue weighted by Crippen LogP contribution is -2.42. The van der Waals surface area contributed by atoms with Gasteiger partial charge in [-0.3, -0.25) is 9.69 Å². The van der Waals surface area contributed by atoms with Crippen molar-refractivity contribution < 1.29 is 4.79 Å². The number of benzene rings is 1. The average molecular weight is 310 g/mol. The van der Waals surface area contributed by atoms with Gasteiger partial charge in [-0.05, 0) is 34.7 Å². The summed E-state index contributed by atoms with van der Waals surface area (Å²) in [7, 11) is 1.63. The molecule has 1 amide bonds. The fraction of sp³-hybridized carbons (Fsp3) is 0.188. The molecule has 0 unspecified atom stereocenters. The van der Waals surface area contributed by atoms with Crippen LogP contribution in [-0.2, 0) is 4.79 Å². The van der Waals surface area contributed by atoms with Gasteiger partial charge in [-0.2, -0.15) is 5.26 Å². The van der Waals surface area contributed by atoms with Gasteiger partial charge in [0, 0.05) is 11.9 Å². The predicted octanol–water partition coefficient (Wildman–Crippen LogP) is 2.50. The summed E-state index contributed by atoms with van der Waals surface area (Å²) in [5, 5.41) is 11.0. The summed E-state index contributed by atoms with van der Waals surface area (Å²) < 4.78 is 0. The molecular weight excluding hydrogens is 296 g/mol. The molecule has 5 nitrogen and oxygen atoms in total. The molecule has 2 aromatic rings. The van der Waals surface area contributed by atoms with E-state index in [1.54, 1.807) is 24.5 Å². The topological polar surface area (TPSA) is 82.5 Å². The first-order chi connectivity index (χ1) is 10.6. The van der Waals surface area contributed by atoms with E-state index in [9.17, 15) is 4.79 Å². The van der Waals surface area contributed by atoms with Gasteiger partial charge in [0.05, 0.1) is 24.1 Å². The van der Waals surface area contributed by atoms with E-state index in [1.807, 2.05) is 29.6 Å². The third-order valence-electron chi connectivity index (χ3n) is 3.65. The Kier molecular flexibility index (Phi) is 3.65. The molecule has 1 aliphatic rings. The number of carbonyl (C=O) groups is 1. The summed E-state index contributed by atoms with van der Waals surface area (Å²) in [5.41, 5.74) is 8.41. The second-order valence-electron chi connectivity index (χ2n) is 5.09. The van der Waals surface area contributed by atoms with E-state index in [0.717, 1.165) is 16.0 Å². The molecule has 0 fully saturated rings. The van der Waals surface area contributed by atoms with E-state index < -0.39 is 0 Å². The number of guanidine groups is 1. The van der Waals surface area contributed by atoms with E-state index in [2.05, 4.69) is 11.1 Å². The monoisotopic (exact) mass is 310 g/mol. The lowest BCUT2D eigenvalue weighted by Gasteiger charge is -2.24. The summed E-state index contributed by atoms with van der Waals surface area (Å²) in [6.07, 6.45) is 0.329. The number of amides is 1. The SMILES string of the molecule is CN1C(=O)C[C@@H](c2cc(-c3cccc(C#N)c3)cs2)N=C1N. The maximum absolute atomic E-state index is 11.9. The molecule has 1 atom stereocenters. The maximum Gasteiger partial charge on any atom is 0.231 e. The summed E-state index contributed by atoms with van der Waals surface area (Å²) in [6, 6.07) is 11.4. The van der Waals surface area contributed by atoms with Crippen LogP contribution in [0.4, 0.5) is 0 Å². The van der Waals surface area contributed by atoms with E-state index in [-0.39, 0.29) is 17.9 Å². The highest BCUT2D eigenvalue weighted by Crippen LogP contribution is 2.34. The summed E-state index contributed by atoms with van der Waals surface area (Å²) in [5.74, 6) is 0.224. The van der Waals surface area contributed by atoms with Gasteiger partial charge >= 0.3 is 0 Å². The van der Waals surface area contributed by atoms with Crippen LogP contribution in [0.25, 0.3) is 11.1 Å². The normalized spacial score (nSPS) is 18.0. The van der Waals surface area contributed by atoms with E-state index in [4.69, 9.17) is 11.0 Å². The van der Waals surface area contributed by atoms with Crippen LogP contribution in [0.3, 0.4) is 0 Å². The number of rotatable bonds is 2. The zero-order valence-corrected chi connectivity index (χ0v) is 12.8. The number of nitrogens with zero attached hydrogens (tertiary/aromatic N) is 3. The van der Waals surface area contributed by atoms with E-state index in [0.29, 0.717) is 12.0 Å². The average Bonchev–Trinajstić information content (AvgIpc) is 3.02. The van der Waals surface area contributed by atoms with Crippen LogP contribution in [0.5, 0.6) is 0 Å². The van der Waals surface area contributed by atoms with Crippen molar-refractivity contribution in [2.45, 2.75) is 12.5 Å². The molecule has 3 rings (SSSR count). The second-order valence-corrected chi connectivity index (χ2v) is 6.03. The number of hydrogen-bond acceptors (Lipinski definition) is 5. The van der Waals surface area contributed by atoms with Crippen molar-refractivity contribution in [3.8, 4) is 17.2 Å². The molecule has 0 saturated carbocycles. The van der Waals surface area contributed by atoms with Crippen LogP contribution in [0.2, 0.25) is 0 Å². The smallest absolute Gasteiger partial charge is 0.231 e. The van der Waals surface area contributed by atoms with Crippen molar-refractivity contribution in [2.24, 2.45) is 10.7 Å². The number of aliphatic imine (C=N–C) groups is 1. The summed E-state index contributed by atoms with van der Waals surface area (Å²) in [4.78, 5) is 18.6. The Morgan fingerprint density at radius 3 is 2.95 bits per heavy atom. The molecule has 2 heterocycles. The van der Waals surface area contributed by atoms with Crippen LogP contribution >= 0.6 is 11.3 Å². The fourth-order valence-corrected chi connectivity index (χ4v) is 3.29. The quantitative estimate of drug-likeness (QED) is 0.925. The van der Waals surface area contributed by atoms with Gasteiger partial charge in [-0.1, -0.05) is 12.1 Å². The minimum absolute atomic E-state index is 0.0288. The van der Waals surface area contributed by atoms with Gasteiger partial charge in [0.15, 0.2) is 5.96 Å². The number of nitrogens with two attached hydrogens (primary N) is 1. The zero-order chi connectivity index (χ0) is 15.7. The molecule has 1 aliphatic heterocycles. The van der Waals surface area contributed by atoms with Crippen molar-refractivity contribution >= 4 is 23.2 Å². The maximum atomic E-state index is 11.9. The van der Waals surface area contributed by atoms with Gasteiger partial charge < -0.3 is 5.73 Å². The van der Waals surface area contributed by atoms with Crippen molar-refractivity contribution in [2.75, 3.05) is 7.05 Å². The lowest BCUT2D eigenvalue weighted by atomic mass is 10.0. The molecule has 1 aromatic heterocycles. The minimum Gasteiger partial charge on any atom is -0.369 e. The van der Waals surface area contributed by atoms with E-state index in [1.165, 1.54) is 4.90 Å². The first-order valence-electron chi connectivity index (χ1n) is 6.77. The number of hydrogen-bond donors (Lipinski definition) is 1. The van der Waals surface area contributed by atoms with Gasteiger partial charge in [-0.15, -0.1) is 11.3 Å². The van der Waals surface area contributed by atoms with Gasteiger partial charge in [0.25, 0.3) is 0 Å². The fourth-order valence-electron chi connectivity index (χ4n) is 2.33. The molecule has 22 heavy (non-hydrogen) atoms. The van der Waals surface area contributed by atoms with Crippen molar-refractivity contribution in [1.29, 1.82) is 5.26 Å². The van der Waals surface area contributed by atoms with Crippen molar-refractivity contribution in [3.63, 3.8) is 0 Å². The Bertz CT molecular complexity index is 802. The Morgan fingerprint density at radius 2 is 2.23 bits per heavy atom. The first kappa shape index (κ1) is 14.3. The molecule has 6 heteroatoms. The molecular formula is C16H14N4OS. The highest BCUT2D eigenvalue weighted by molar-refractivity contribution is 7.10. The first-order valence-corrected chi connectivity index (χ1v) is 7.65. The molecule has 110 valence electrons. The number of nitriles is 1. The standard InChI is InChI=1S/C16H14N4OS/c1-20-15(21)7-13(19-16(20)18)14-6-12(9-22-14)11-4-2-3-10(5-11)8-17/h2-6,9,13H,7H2,1H3,(H2,18,19)/t13-/m0/s1. The third kappa shape index (κ3) is 2.59. The van der Waals surface area contributed by atoms with Crippen LogP contribution in [0, 0.1) is 11.3 Å². The molecule has 0 radical (unpaired) electrons. The molecule has 0 aliphatic carbocycles. The van der Waals surface area contributed by atoms with Crippen LogP contribution < -0.4 is 5.73 Å². The predicted molar refractivity (Wildman–Crippen MR) is 86.2 cm³/mol. The van der Waals surface area contributed by atoms with Crippen molar-refractivity contribution in [1.82, 2.24) is 4.90 Å². The molecule has 0 spiro atoms. The van der Waals surface area contributed by atoms with Crippen molar-refractivity contribution in [3.05, 3.63) is 46.2 Å². The second kappa shape index (κ2) is 5.62. The molecule has 1 aromatic carbocycles. The Labute approximate surface area is 132 Å². The molecule has 0 saturated heterocycles. The summed E-state index contributed by atoms with van der Waals surface area (Å²) >= 11 is 1.55. The van der Waals surface area contributed by atoms with Crippen LogP contribution in [0.15, 0.2) is 40.7 Å². The zero-order valence-electron chi connectivity index (χ0n) is 12.0. The molecule has 2 N–H and O–H groups in total. The number of thiophene rings is 1. The van der Waals surface area contributed by atoms with Gasteiger partial charge in [-0.25, -0.2) is 4.99 Å². The van der Waals surface area contributed by atoms with Gasteiger partial charge in [0.2, 0.25) is 5.91 Å². The number of carbonyl (C=O) groups excluding carboxylic acids is 1. The highest BCUT2D eigenvalue weighted by Gasteiger charge is 2.26. The van der Waals surface area contributed by atoms with Crippen LogP contribution in [0.1, 0.15) is 22.9 Å². The Morgan fingerprint density at radius 1 is 1.41 bits per heavy atom. The largest absolute Gasteiger partial charge is 0.369 e. The third-order valence-corrected chi connectivity index (χ3v) is 4.68. The van der Waals surface area contributed by atoms with E-state index >= 15 is 0 Å². The minimum atomic E-state index is -0.221. The highest BCUT2D eigenvalue weighted by atomic mass is 32.1.